The molecule has 70 valence electrons. The third-order valence-electron chi connectivity index (χ3n) is 2.05. The zero-order valence-electron chi connectivity index (χ0n) is 7.94. The van der Waals surface area contributed by atoms with Crippen LogP contribution in [0.2, 0.25) is 0 Å². The van der Waals surface area contributed by atoms with Gasteiger partial charge < -0.3 is 5.73 Å². The Labute approximate surface area is 82.6 Å². The molecule has 0 aliphatic heterocycles. The van der Waals surface area contributed by atoms with Crippen molar-refractivity contribution in [2.75, 3.05) is 5.73 Å². The van der Waals surface area contributed by atoms with Crippen molar-refractivity contribution in [2.45, 2.75) is 6.92 Å². The van der Waals surface area contributed by atoms with Gasteiger partial charge in [-0.3, -0.25) is 0 Å². The van der Waals surface area contributed by atoms with Crippen molar-refractivity contribution in [2.24, 2.45) is 0 Å². The Hall–Kier alpha value is -1.90. The van der Waals surface area contributed by atoms with Gasteiger partial charge in [-0.2, -0.15) is 0 Å². The maximum Gasteiger partial charge on any atom is 0.144 e. The summed E-state index contributed by atoms with van der Waals surface area (Å²) in [6, 6.07) is 9.92. The average Bonchev–Trinajstić information content (AvgIpc) is 2.23. The Balaban J connectivity index is 2.48. The molecular weight excluding hydrogens is 174 g/mol. The molecule has 0 radical (unpaired) electrons. The van der Waals surface area contributed by atoms with Crippen molar-refractivity contribution in [3.8, 4) is 11.3 Å². The van der Waals surface area contributed by atoms with Crippen molar-refractivity contribution in [1.29, 1.82) is 0 Å². The predicted molar refractivity (Wildman–Crippen MR) is 56.6 cm³/mol. The molecule has 0 aliphatic carbocycles. The second-order valence-electron chi connectivity index (χ2n) is 3.09. The quantitative estimate of drug-likeness (QED) is 0.739. The summed E-state index contributed by atoms with van der Waals surface area (Å²) >= 11 is 0. The molecule has 3 heteroatoms. The van der Waals surface area contributed by atoms with E-state index >= 15 is 0 Å². The number of aromatic nitrogens is 2. The molecule has 0 fully saturated rings. The molecule has 14 heavy (non-hydrogen) atoms. The van der Waals surface area contributed by atoms with Gasteiger partial charge in [-0.15, -0.1) is 0 Å². The van der Waals surface area contributed by atoms with Crippen molar-refractivity contribution >= 4 is 5.82 Å². The number of aryl methyl sites for hydroxylation is 1. The van der Waals surface area contributed by atoms with Gasteiger partial charge in [0, 0.05) is 5.56 Å². The van der Waals surface area contributed by atoms with E-state index in [2.05, 4.69) is 9.97 Å². The van der Waals surface area contributed by atoms with Crippen LogP contribution in [0, 0.1) is 6.92 Å². The lowest BCUT2D eigenvalue weighted by atomic mass is 10.2. The van der Waals surface area contributed by atoms with E-state index in [4.69, 9.17) is 5.73 Å². The van der Waals surface area contributed by atoms with Gasteiger partial charge in [0.05, 0.1) is 17.6 Å². The summed E-state index contributed by atoms with van der Waals surface area (Å²) in [5.41, 5.74) is 8.28. The first-order valence-electron chi connectivity index (χ1n) is 4.42. The first kappa shape index (κ1) is 8.69. The minimum atomic E-state index is 0.490. The third-order valence-corrected chi connectivity index (χ3v) is 2.05. The lowest BCUT2D eigenvalue weighted by molar-refractivity contribution is 1.13. The molecule has 0 aliphatic rings. The summed E-state index contributed by atoms with van der Waals surface area (Å²) in [5.74, 6) is 0.490. The van der Waals surface area contributed by atoms with Crippen LogP contribution in [0.15, 0.2) is 36.5 Å². The highest BCUT2D eigenvalue weighted by molar-refractivity contribution is 5.59. The van der Waals surface area contributed by atoms with Crippen LogP contribution in [0.5, 0.6) is 0 Å². The van der Waals surface area contributed by atoms with Crippen LogP contribution in [-0.4, -0.2) is 9.97 Å². The highest BCUT2D eigenvalue weighted by atomic mass is 14.9. The minimum absolute atomic E-state index is 0.490. The second kappa shape index (κ2) is 3.46. The molecule has 0 saturated carbocycles. The van der Waals surface area contributed by atoms with E-state index in [-0.39, 0.29) is 0 Å². The van der Waals surface area contributed by atoms with E-state index in [0.29, 0.717) is 5.82 Å². The van der Waals surface area contributed by atoms with Crippen molar-refractivity contribution in [3.05, 3.63) is 42.2 Å². The SMILES string of the molecule is Cc1nc(-c2ccccc2)cnc1N. The van der Waals surface area contributed by atoms with Crippen molar-refractivity contribution in [1.82, 2.24) is 9.97 Å². The van der Waals surface area contributed by atoms with E-state index in [1.54, 1.807) is 6.20 Å². The van der Waals surface area contributed by atoms with Crippen LogP contribution >= 0.6 is 0 Å². The van der Waals surface area contributed by atoms with E-state index in [1.165, 1.54) is 0 Å². The maximum absolute atomic E-state index is 5.59. The molecule has 0 atom stereocenters. The first-order valence-corrected chi connectivity index (χ1v) is 4.42. The fourth-order valence-electron chi connectivity index (χ4n) is 1.24. The number of nitrogens with zero attached hydrogens (tertiary/aromatic N) is 2. The molecule has 0 unspecified atom stereocenters. The average molecular weight is 185 g/mol. The Bertz CT molecular complexity index is 438. The highest BCUT2D eigenvalue weighted by Gasteiger charge is 2.01. The van der Waals surface area contributed by atoms with Crippen LogP contribution in [0.3, 0.4) is 0 Å². The van der Waals surface area contributed by atoms with Crippen LogP contribution < -0.4 is 5.73 Å². The fourth-order valence-corrected chi connectivity index (χ4v) is 1.24. The van der Waals surface area contributed by atoms with Crippen LogP contribution in [0.1, 0.15) is 5.69 Å². The molecule has 0 bridgehead atoms. The second-order valence-corrected chi connectivity index (χ2v) is 3.09. The van der Waals surface area contributed by atoms with Gasteiger partial charge in [0.15, 0.2) is 0 Å². The van der Waals surface area contributed by atoms with Gasteiger partial charge in [0.25, 0.3) is 0 Å². The molecule has 1 aromatic carbocycles. The lowest BCUT2D eigenvalue weighted by Gasteiger charge is -2.02. The van der Waals surface area contributed by atoms with E-state index in [9.17, 15) is 0 Å². The van der Waals surface area contributed by atoms with Crippen molar-refractivity contribution in [3.63, 3.8) is 0 Å². The lowest BCUT2D eigenvalue weighted by Crippen LogP contribution is -1.97. The maximum atomic E-state index is 5.59. The first-order chi connectivity index (χ1) is 6.77. The summed E-state index contributed by atoms with van der Waals surface area (Å²) in [6.45, 7) is 1.86. The van der Waals surface area contributed by atoms with Crippen molar-refractivity contribution < 1.29 is 0 Å². The molecular formula is C11H11N3. The zero-order valence-corrected chi connectivity index (χ0v) is 7.94. The van der Waals surface area contributed by atoms with Crippen LogP contribution in [-0.2, 0) is 0 Å². The molecule has 1 heterocycles. The predicted octanol–water partition coefficient (Wildman–Crippen LogP) is 2.03. The fraction of sp³-hybridized carbons (Fsp3) is 0.0909. The Morgan fingerprint density at radius 2 is 1.86 bits per heavy atom. The van der Waals surface area contributed by atoms with Crippen LogP contribution in [0.25, 0.3) is 11.3 Å². The Kier molecular flexibility index (Phi) is 2.14. The number of benzene rings is 1. The Morgan fingerprint density at radius 1 is 1.14 bits per heavy atom. The monoisotopic (exact) mass is 185 g/mol. The van der Waals surface area contributed by atoms with Gasteiger partial charge in [-0.1, -0.05) is 30.3 Å². The molecule has 2 N–H and O–H groups in total. The number of hydrogen-bond acceptors (Lipinski definition) is 3. The highest BCUT2D eigenvalue weighted by Crippen LogP contribution is 2.16. The standard InChI is InChI=1S/C11H11N3/c1-8-11(12)13-7-10(14-8)9-5-3-2-4-6-9/h2-7H,1H3,(H2,12,13). The zero-order chi connectivity index (χ0) is 9.97. The van der Waals surface area contributed by atoms with Gasteiger partial charge in [-0.25, -0.2) is 9.97 Å². The number of nitrogen functional groups attached to an aromatic ring is 1. The van der Waals surface area contributed by atoms with Gasteiger partial charge in [0.2, 0.25) is 0 Å². The van der Waals surface area contributed by atoms with Gasteiger partial charge >= 0.3 is 0 Å². The molecule has 0 amide bonds. The molecule has 0 spiro atoms. The summed E-state index contributed by atoms with van der Waals surface area (Å²) in [7, 11) is 0. The molecule has 3 nitrogen and oxygen atoms in total. The van der Waals surface area contributed by atoms with E-state index in [1.807, 2.05) is 37.3 Å². The third kappa shape index (κ3) is 1.57. The smallest absolute Gasteiger partial charge is 0.144 e. The summed E-state index contributed by atoms with van der Waals surface area (Å²) in [4.78, 5) is 8.43. The summed E-state index contributed by atoms with van der Waals surface area (Å²) in [6.07, 6.45) is 1.69. The van der Waals surface area contributed by atoms with E-state index in [0.717, 1.165) is 17.0 Å². The number of rotatable bonds is 1. The number of hydrogen-bond donors (Lipinski definition) is 1. The van der Waals surface area contributed by atoms with Gasteiger partial charge in [0.1, 0.15) is 5.82 Å². The molecule has 0 saturated heterocycles. The molecule has 2 rings (SSSR count). The normalized spacial score (nSPS) is 10.1. The summed E-state index contributed by atoms with van der Waals surface area (Å²) < 4.78 is 0. The Morgan fingerprint density at radius 3 is 2.50 bits per heavy atom. The summed E-state index contributed by atoms with van der Waals surface area (Å²) in [5, 5.41) is 0. The van der Waals surface area contributed by atoms with Gasteiger partial charge in [-0.05, 0) is 6.92 Å². The van der Waals surface area contributed by atoms with Crippen LogP contribution in [0.4, 0.5) is 5.82 Å². The number of anilines is 1. The molecule has 1 aromatic heterocycles. The minimum Gasteiger partial charge on any atom is -0.382 e. The van der Waals surface area contributed by atoms with E-state index < -0.39 is 0 Å². The number of nitrogens with two attached hydrogens (primary N) is 1. The molecule has 2 aromatic rings. The topological polar surface area (TPSA) is 51.8 Å². The largest absolute Gasteiger partial charge is 0.382 e.